The summed E-state index contributed by atoms with van der Waals surface area (Å²) < 4.78 is 13.8. The van der Waals surface area contributed by atoms with Crippen LogP contribution in [0.3, 0.4) is 0 Å². The van der Waals surface area contributed by atoms with E-state index < -0.39 is 23.4 Å². The molecule has 0 bridgehead atoms. The van der Waals surface area contributed by atoms with E-state index in [-0.39, 0.29) is 36.7 Å². The maximum absolute atomic E-state index is 14.0. The van der Waals surface area contributed by atoms with Crippen LogP contribution in [0.5, 0.6) is 5.75 Å². The van der Waals surface area contributed by atoms with Crippen LogP contribution in [0.15, 0.2) is 54.9 Å². The molecule has 3 amide bonds. The van der Waals surface area contributed by atoms with E-state index >= 15 is 0 Å². The summed E-state index contributed by atoms with van der Waals surface area (Å²) in [6.45, 7) is 12.6. The molecule has 1 aliphatic carbocycles. The van der Waals surface area contributed by atoms with E-state index in [2.05, 4.69) is 59.3 Å². The third-order valence-electron chi connectivity index (χ3n) is 11.7. The number of hydrogen-bond acceptors (Lipinski definition) is 9. The number of ether oxygens (including phenoxy) is 2. The van der Waals surface area contributed by atoms with Gasteiger partial charge in [-0.1, -0.05) is 39.8 Å². The second-order valence-electron chi connectivity index (χ2n) is 17.2. The first-order valence-electron chi connectivity index (χ1n) is 20.8. The lowest BCUT2D eigenvalue weighted by Crippen LogP contribution is -2.58. The van der Waals surface area contributed by atoms with E-state index in [9.17, 15) is 24.3 Å². The lowest BCUT2D eigenvalue weighted by molar-refractivity contribution is -0.142. The Bertz CT molecular complexity index is 2140. The maximum atomic E-state index is 14.0. The molecule has 6 rings (SSSR count). The Hall–Kier alpha value is -5.27. The number of benzene rings is 2. The lowest BCUT2D eigenvalue weighted by atomic mass is 9.83. The number of phenolic OH excluding ortho intramolecular Hbond substituents is 1. The van der Waals surface area contributed by atoms with Crippen LogP contribution in [0, 0.1) is 17.3 Å². The van der Waals surface area contributed by atoms with Gasteiger partial charge < -0.3 is 29.4 Å². The second kappa shape index (κ2) is 18.8. The normalized spacial score (nSPS) is 16.1. The number of carbonyl (C=O) groups excluding carboxylic acids is 4. The molecule has 59 heavy (non-hydrogen) atoms. The molecule has 3 heterocycles. The number of aryl methyl sites for hydroxylation is 1. The van der Waals surface area contributed by atoms with Crippen molar-refractivity contribution >= 4 is 35.6 Å². The average molecular weight is 809 g/mol. The van der Waals surface area contributed by atoms with E-state index in [1.54, 1.807) is 31.3 Å². The Morgan fingerprint density at radius 3 is 2.53 bits per heavy atom. The highest BCUT2D eigenvalue weighted by atomic mass is 16.5. The summed E-state index contributed by atoms with van der Waals surface area (Å²) in [5.74, 6) is -0.436. The van der Waals surface area contributed by atoms with Crippen molar-refractivity contribution in [2.24, 2.45) is 17.3 Å². The quantitative estimate of drug-likeness (QED) is 0.0940. The van der Waals surface area contributed by atoms with E-state index in [4.69, 9.17) is 9.47 Å². The standard InChI is InChI=1S/C46H60N6O7/c1-8-51-40-14-13-32(23-36(40)37(24-46(4,5)26-59-28-54)42(51)38-25-47-17-15-35(38)43(58-7)31-11-12-31)33-19-30(20-34(55)22-33)21-39(45(57)52-18-10-9-16-48-52)49-44(56)41(29(2)3)50(6)27-53/h13-15,17,19-20,22-23,25,27-29,31,39,41,43,48,55H,8-12,16,18,21,24,26H2,1-7H3,(H,49,56). The molecule has 1 saturated carbocycles. The van der Waals surface area contributed by atoms with Crippen LogP contribution < -0.4 is 10.7 Å². The first-order chi connectivity index (χ1) is 28.3. The SMILES string of the molecule is CCn1c(-c2cnccc2C(OC)C2CC2)c(CC(C)(C)COC=O)c2cc(-c3cc(O)cc(CC(NC(=O)C(C(C)C)N(C)C=O)C(=O)N4CCCCN4)c3)ccc21. The van der Waals surface area contributed by atoms with Gasteiger partial charge in [0, 0.05) is 74.5 Å². The van der Waals surface area contributed by atoms with Gasteiger partial charge >= 0.3 is 0 Å². The number of nitrogens with zero attached hydrogens (tertiary/aromatic N) is 4. The number of hydrazine groups is 1. The van der Waals surface area contributed by atoms with E-state index in [1.807, 2.05) is 38.4 Å². The van der Waals surface area contributed by atoms with Crippen LogP contribution in [0.4, 0.5) is 0 Å². The van der Waals surface area contributed by atoms with Crippen molar-refractivity contribution < 1.29 is 33.8 Å². The van der Waals surface area contributed by atoms with Gasteiger partial charge in [0.1, 0.15) is 17.8 Å². The number of aromatic nitrogens is 2. The first-order valence-corrected chi connectivity index (χ1v) is 20.8. The van der Waals surface area contributed by atoms with E-state index in [0.717, 1.165) is 70.1 Å². The van der Waals surface area contributed by atoms with E-state index in [1.165, 1.54) is 4.90 Å². The largest absolute Gasteiger partial charge is 0.508 e. The van der Waals surface area contributed by atoms with Gasteiger partial charge in [-0.2, -0.15) is 0 Å². The van der Waals surface area contributed by atoms with Gasteiger partial charge in [-0.25, -0.2) is 5.43 Å². The summed E-state index contributed by atoms with van der Waals surface area (Å²) in [7, 11) is 3.33. The molecule has 13 heteroatoms. The van der Waals surface area contributed by atoms with Gasteiger partial charge in [-0.05, 0) is 109 Å². The number of rotatable bonds is 19. The summed E-state index contributed by atoms with van der Waals surface area (Å²) in [4.78, 5) is 56.8. The Morgan fingerprint density at radius 2 is 1.88 bits per heavy atom. The van der Waals surface area contributed by atoms with Crippen LogP contribution in [0.2, 0.25) is 0 Å². The van der Waals surface area contributed by atoms with Crippen molar-refractivity contribution in [1.82, 2.24) is 30.2 Å². The number of carbonyl (C=O) groups is 4. The Balaban J connectivity index is 1.44. The number of hydrogen-bond donors (Lipinski definition) is 3. The number of aromatic hydroxyl groups is 1. The van der Waals surface area contributed by atoms with Crippen LogP contribution in [0.1, 0.15) is 83.1 Å². The fourth-order valence-electron chi connectivity index (χ4n) is 8.77. The van der Waals surface area contributed by atoms with E-state index in [0.29, 0.717) is 50.4 Å². The summed E-state index contributed by atoms with van der Waals surface area (Å²) in [5, 5.41) is 16.7. The summed E-state index contributed by atoms with van der Waals surface area (Å²) in [6.07, 6.45) is 9.01. The van der Waals surface area contributed by atoms with Crippen molar-refractivity contribution in [3.8, 4) is 28.1 Å². The smallest absolute Gasteiger partial charge is 0.293 e. The van der Waals surface area contributed by atoms with Gasteiger partial charge in [0.25, 0.3) is 12.4 Å². The van der Waals surface area contributed by atoms with Crippen molar-refractivity contribution in [3.05, 3.63) is 71.5 Å². The molecule has 0 radical (unpaired) electrons. The highest BCUT2D eigenvalue weighted by Crippen LogP contribution is 2.48. The number of fused-ring (bicyclic) bond motifs is 1. The van der Waals surface area contributed by atoms with Gasteiger partial charge in [-0.3, -0.25) is 29.2 Å². The van der Waals surface area contributed by atoms with Gasteiger partial charge in [0.15, 0.2) is 0 Å². The van der Waals surface area contributed by atoms with Gasteiger partial charge in [0.2, 0.25) is 12.3 Å². The van der Waals surface area contributed by atoms with Crippen LogP contribution in [0.25, 0.3) is 33.3 Å². The minimum absolute atomic E-state index is 0.0248. The van der Waals surface area contributed by atoms with Crippen LogP contribution in [-0.4, -0.2) is 95.2 Å². The van der Waals surface area contributed by atoms with Crippen molar-refractivity contribution in [3.63, 3.8) is 0 Å². The Labute approximate surface area is 347 Å². The Morgan fingerprint density at radius 1 is 1.10 bits per heavy atom. The van der Waals surface area contributed by atoms with Gasteiger partial charge in [-0.15, -0.1) is 0 Å². The third-order valence-corrected chi connectivity index (χ3v) is 11.7. The lowest BCUT2D eigenvalue weighted by Gasteiger charge is -2.33. The Kier molecular flexibility index (Phi) is 13.8. The molecular weight excluding hydrogens is 749 g/mol. The topological polar surface area (TPSA) is 155 Å². The molecule has 1 aliphatic heterocycles. The number of phenols is 1. The average Bonchev–Trinajstić information content (AvgIpc) is 4.02. The van der Waals surface area contributed by atoms with Crippen molar-refractivity contribution in [2.75, 3.05) is 33.9 Å². The van der Waals surface area contributed by atoms with Crippen LogP contribution in [-0.2, 0) is 48.0 Å². The summed E-state index contributed by atoms with van der Waals surface area (Å²) in [6, 6.07) is 11.9. The molecule has 2 aromatic heterocycles. The number of nitrogens with one attached hydrogen (secondary N) is 2. The molecule has 316 valence electrons. The molecule has 1 saturated heterocycles. The summed E-state index contributed by atoms with van der Waals surface area (Å²) in [5.41, 5.74) is 10.3. The predicted molar refractivity (Wildman–Crippen MR) is 227 cm³/mol. The molecule has 0 spiro atoms. The van der Waals surface area contributed by atoms with Crippen LogP contribution >= 0.6 is 0 Å². The molecule has 2 aromatic carbocycles. The fourth-order valence-corrected chi connectivity index (χ4v) is 8.77. The fraction of sp³-hybridized carbons (Fsp3) is 0.500. The number of pyridine rings is 1. The molecule has 2 fully saturated rings. The highest BCUT2D eigenvalue weighted by molar-refractivity contribution is 5.96. The zero-order valence-electron chi connectivity index (χ0n) is 35.5. The zero-order chi connectivity index (χ0) is 42.4. The monoisotopic (exact) mass is 808 g/mol. The molecule has 4 aromatic rings. The molecule has 2 aliphatic rings. The summed E-state index contributed by atoms with van der Waals surface area (Å²) >= 11 is 0. The third kappa shape index (κ3) is 9.79. The molecule has 3 atom stereocenters. The van der Waals surface area contributed by atoms with Crippen molar-refractivity contribution in [2.45, 2.75) is 97.9 Å². The molecule has 3 unspecified atom stereocenters. The van der Waals surface area contributed by atoms with Gasteiger partial charge in [0.05, 0.1) is 18.4 Å². The number of amides is 3. The van der Waals surface area contributed by atoms with Crippen molar-refractivity contribution in [1.29, 1.82) is 0 Å². The molecular formula is C46H60N6O7. The number of methoxy groups -OCH3 is 1. The minimum Gasteiger partial charge on any atom is -0.508 e. The maximum Gasteiger partial charge on any atom is 0.293 e. The zero-order valence-corrected chi connectivity index (χ0v) is 35.5. The second-order valence-corrected chi connectivity index (χ2v) is 17.2. The highest BCUT2D eigenvalue weighted by Gasteiger charge is 2.36. The first kappa shape index (κ1) is 43.3. The molecule has 3 N–H and O–H groups in total. The predicted octanol–water partition coefficient (Wildman–Crippen LogP) is 6.20. The minimum atomic E-state index is -0.963. The molecule has 13 nitrogen and oxygen atoms in total. The number of likely N-dealkylation sites (N-methyl/N-ethyl adjacent to an activating group) is 1.